The molecule has 1 atom stereocenters. The second-order valence-electron chi connectivity index (χ2n) is 5.53. The molecule has 0 saturated carbocycles. The van der Waals surface area contributed by atoms with Crippen molar-refractivity contribution in [2.24, 2.45) is 0 Å². The van der Waals surface area contributed by atoms with Gasteiger partial charge in [0.1, 0.15) is 0 Å². The topological polar surface area (TPSA) is 41.6 Å². The van der Waals surface area contributed by atoms with Crippen LogP contribution in [-0.4, -0.2) is 27.1 Å². The minimum Gasteiger partial charge on any atom is -0.494 e. The van der Waals surface area contributed by atoms with Crippen LogP contribution < -0.4 is 15.0 Å². The standard InChI is InChI=1S/C18H21FN2O2/c1-12(14-7-10-17(23-4)16(19)11-14)20-18(22)13-5-8-15(9-6-13)21(2)3/h5-12H,1-4H3,(H,20,22)/t12-/m0/s1. The van der Waals surface area contributed by atoms with Crippen molar-refractivity contribution in [2.75, 3.05) is 26.1 Å². The summed E-state index contributed by atoms with van der Waals surface area (Å²) >= 11 is 0. The van der Waals surface area contributed by atoms with Crippen LogP contribution in [0.15, 0.2) is 42.5 Å². The van der Waals surface area contributed by atoms with Crippen LogP contribution in [-0.2, 0) is 0 Å². The predicted molar refractivity (Wildman–Crippen MR) is 89.6 cm³/mol. The smallest absolute Gasteiger partial charge is 0.251 e. The average molecular weight is 316 g/mol. The first-order valence-electron chi connectivity index (χ1n) is 7.34. The minimum atomic E-state index is -0.443. The SMILES string of the molecule is COc1ccc([C@H](C)NC(=O)c2ccc(N(C)C)cc2)cc1F. The summed E-state index contributed by atoms with van der Waals surface area (Å²) in [4.78, 5) is 14.2. The van der Waals surface area contributed by atoms with Crippen molar-refractivity contribution in [2.45, 2.75) is 13.0 Å². The zero-order chi connectivity index (χ0) is 17.0. The van der Waals surface area contributed by atoms with Gasteiger partial charge in [0.25, 0.3) is 5.91 Å². The Morgan fingerprint density at radius 3 is 2.35 bits per heavy atom. The molecule has 1 amide bonds. The van der Waals surface area contributed by atoms with Gasteiger partial charge in [-0.2, -0.15) is 0 Å². The summed E-state index contributed by atoms with van der Waals surface area (Å²) in [5, 5.41) is 2.87. The summed E-state index contributed by atoms with van der Waals surface area (Å²) in [6, 6.07) is 11.7. The number of carbonyl (C=O) groups excluding carboxylic acids is 1. The van der Waals surface area contributed by atoms with Crippen molar-refractivity contribution in [1.29, 1.82) is 0 Å². The summed E-state index contributed by atoms with van der Waals surface area (Å²) < 4.78 is 18.6. The molecule has 1 N–H and O–H groups in total. The van der Waals surface area contributed by atoms with E-state index in [2.05, 4.69) is 5.32 Å². The quantitative estimate of drug-likeness (QED) is 0.919. The van der Waals surface area contributed by atoms with E-state index in [-0.39, 0.29) is 17.7 Å². The van der Waals surface area contributed by atoms with Crippen LogP contribution in [0.5, 0.6) is 5.75 Å². The minimum absolute atomic E-state index is 0.187. The maximum Gasteiger partial charge on any atom is 0.251 e. The van der Waals surface area contributed by atoms with Crippen LogP contribution in [0.4, 0.5) is 10.1 Å². The molecule has 0 spiro atoms. The number of hydrogen-bond donors (Lipinski definition) is 1. The predicted octanol–water partition coefficient (Wildman–Crippen LogP) is 3.39. The maximum atomic E-state index is 13.7. The van der Waals surface area contributed by atoms with Gasteiger partial charge >= 0.3 is 0 Å². The van der Waals surface area contributed by atoms with Crippen LogP contribution >= 0.6 is 0 Å². The van der Waals surface area contributed by atoms with E-state index in [1.54, 1.807) is 24.3 Å². The third kappa shape index (κ3) is 4.00. The lowest BCUT2D eigenvalue weighted by Crippen LogP contribution is -2.26. The number of amides is 1. The highest BCUT2D eigenvalue weighted by atomic mass is 19.1. The lowest BCUT2D eigenvalue weighted by Gasteiger charge is -2.16. The largest absolute Gasteiger partial charge is 0.494 e. The number of ether oxygens (including phenoxy) is 1. The number of anilines is 1. The van der Waals surface area contributed by atoms with E-state index in [4.69, 9.17) is 4.74 Å². The molecule has 0 aliphatic carbocycles. The first kappa shape index (κ1) is 16.8. The first-order chi connectivity index (χ1) is 10.9. The number of halogens is 1. The van der Waals surface area contributed by atoms with Gasteiger partial charge in [-0.25, -0.2) is 4.39 Å². The highest BCUT2D eigenvalue weighted by Crippen LogP contribution is 2.22. The Morgan fingerprint density at radius 2 is 1.83 bits per heavy atom. The molecule has 122 valence electrons. The van der Waals surface area contributed by atoms with Crippen molar-refractivity contribution >= 4 is 11.6 Å². The van der Waals surface area contributed by atoms with Crippen molar-refractivity contribution in [1.82, 2.24) is 5.32 Å². The molecule has 0 radical (unpaired) electrons. The van der Waals surface area contributed by atoms with E-state index >= 15 is 0 Å². The van der Waals surface area contributed by atoms with Crippen molar-refractivity contribution in [3.8, 4) is 5.75 Å². The average Bonchev–Trinajstić information content (AvgIpc) is 2.54. The zero-order valence-corrected chi connectivity index (χ0v) is 13.8. The molecule has 0 aliphatic heterocycles. The van der Waals surface area contributed by atoms with E-state index in [0.29, 0.717) is 11.1 Å². The van der Waals surface area contributed by atoms with E-state index in [1.165, 1.54) is 13.2 Å². The molecular weight excluding hydrogens is 295 g/mol. The Bertz CT molecular complexity index is 684. The Labute approximate surface area is 135 Å². The fourth-order valence-electron chi connectivity index (χ4n) is 2.23. The molecule has 0 heterocycles. The molecule has 2 aromatic carbocycles. The van der Waals surface area contributed by atoms with Crippen LogP contribution in [0, 0.1) is 5.82 Å². The molecule has 2 aromatic rings. The van der Waals surface area contributed by atoms with Gasteiger partial charge in [-0.15, -0.1) is 0 Å². The third-order valence-corrected chi connectivity index (χ3v) is 3.67. The van der Waals surface area contributed by atoms with Gasteiger partial charge in [0.05, 0.1) is 13.2 Å². The van der Waals surface area contributed by atoms with Gasteiger partial charge in [-0.1, -0.05) is 6.07 Å². The Kier molecular flexibility index (Phi) is 5.21. The van der Waals surface area contributed by atoms with E-state index in [0.717, 1.165) is 5.69 Å². The number of carbonyl (C=O) groups is 1. The van der Waals surface area contributed by atoms with Crippen LogP contribution in [0.3, 0.4) is 0 Å². The van der Waals surface area contributed by atoms with Gasteiger partial charge in [0, 0.05) is 25.3 Å². The first-order valence-corrected chi connectivity index (χ1v) is 7.34. The van der Waals surface area contributed by atoms with Crippen LogP contribution in [0.25, 0.3) is 0 Å². The lowest BCUT2D eigenvalue weighted by atomic mass is 10.1. The van der Waals surface area contributed by atoms with Gasteiger partial charge < -0.3 is 15.0 Å². The van der Waals surface area contributed by atoms with E-state index < -0.39 is 5.82 Å². The summed E-state index contributed by atoms with van der Waals surface area (Å²) in [5.41, 5.74) is 2.27. The molecular formula is C18H21FN2O2. The van der Waals surface area contributed by atoms with Crippen LogP contribution in [0.1, 0.15) is 28.9 Å². The number of nitrogens with one attached hydrogen (secondary N) is 1. The second kappa shape index (κ2) is 7.13. The summed E-state index contributed by atoms with van der Waals surface area (Å²) in [6.07, 6.45) is 0. The molecule has 0 aliphatic rings. The van der Waals surface area contributed by atoms with Crippen molar-refractivity contribution in [3.63, 3.8) is 0 Å². The highest BCUT2D eigenvalue weighted by molar-refractivity contribution is 5.94. The Balaban J connectivity index is 2.08. The molecule has 0 bridgehead atoms. The monoisotopic (exact) mass is 316 g/mol. The molecule has 0 saturated heterocycles. The van der Waals surface area contributed by atoms with Gasteiger partial charge in [-0.3, -0.25) is 4.79 Å². The molecule has 0 fully saturated rings. The van der Waals surface area contributed by atoms with Gasteiger partial charge in [0.15, 0.2) is 11.6 Å². The molecule has 4 nitrogen and oxygen atoms in total. The number of hydrogen-bond acceptors (Lipinski definition) is 3. The molecule has 5 heteroatoms. The molecule has 23 heavy (non-hydrogen) atoms. The number of methoxy groups -OCH3 is 1. The van der Waals surface area contributed by atoms with E-state index in [1.807, 2.05) is 38.1 Å². The van der Waals surface area contributed by atoms with Crippen molar-refractivity contribution in [3.05, 3.63) is 59.4 Å². The second-order valence-corrected chi connectivity index (χ2v) is 5.53. The van der Waals surface area contributed by atoms with Crippen LogP contribution in [0.2, 0.25) is 0 Å². The lowest BCUT2D eigenvalue weighted by molar-refractivity contribution is 0.0940. The molecule has 0 unspecified atom stereocenters. The van der Waals surface area contributed by atoms with Gasteiger partial charge in [-0.05, 0) is 48.9 Å². The van der Waals surface area contributed by atoms with Crippen molar-refractivity contribution < 1.29 is 13.9 Å². The molecule has 2 rings (SSSR count). The Hall–Kier alpha value is -2.56. The zero-order valence-electron chi connectivity index (χ0n) is 13.8. The summed E-state index contributed by atoms with van der Waals surface area (Å²) in [6.45, 7) is 1.81. The Morgan fingerprint density at radius 1 is 1.17 bits per heavy atom. The highest BCUT2D eigenvalue weighted by Gasteiger charge is 2.13. The maximum absolute atomic E-state index is 13.7. The number of benzene rings is 2. The normalized spacial score (nSPS) is 11.7. The van der Waals surface area contributed by atoms with E-state index in [9.17, 15) is 9.18 Å². The molecule has 0 aromatic heterocycles. The number of rotatable bonds is 5. The fourth-order valence-corrected chi connectivity index (χ4v) is 2.23. The fraction of sp³-hybridized carbons (Fsp3) is 0.278. The summed E-state index contributed by atoms with van der Waals surface area (Å²) in [5.74, 6) is -0.452. The van der Waals surface area contributed by atoms with Gasteiger partial charge in [0.2, 0.25) is 0 Å². The third-order valence-electron chi connectivity index (χ3n) is 3.67. The summed E-state index contributed by atoms with van der Waals surface area (Å²) in [7, 11) is 5.30. The number of nitrogens with zero attached hydrogens (tertiary/aromatic N) is 1.